The van der Waals surface area contributed by atoms with E-state index in [2.05, 4.69) is 10.3 Å². The maximum Gasteiger partial charge on any atom is 0.417 e. The van der Waals surface area contributed by atoms with Crippen molar-refractivity contribution in [2.75, 3.05) is 5.32 Å². The lowest BCUT2D eigenvalue weighted by Gasteiger charge is -2.15. The van der Waals surface area contributed by atoms with Gasteiger partial charge in [0.2, 0.25) is 0 Å². The van der Waals surface area contributed by atoms with Gasteiger partial charge in [-0.15, -0.1) is 0 Å². The maximum absolute atomic E-state index is 13.1. The zero-order chi connectivity index (χ0) is 18.9. The van der Waals surface area contributed by atoms with E-state index in [9.17, 15) is 22.8 Å². The molecule has 0 aliphatic carbocycles. The number of amides is 1. The van der Waals surface area contributed by atoms with E-state index < -0.39 is 23.2 Å². The minimum atomic E-state index is -4.70. The molecule has 26 heavy (non-hydrogen) atoms. The summed E-state index contributed by atoms with van der Waals surface area (Å²) in [6, 6.07) is 11.0. The second-order valence-corrected chi connectivity index (χ2v) is 5.64. The number of benzene rings is 2. The number of Topliss-reactive ketones (excluding diaryl/α,β-unsaturated/α-hetero) is 1. The number of rotatable bonds is 3. The van der Waals surface area contributed by atoms with Crippen molar-refractivity contribution in [1.29, 1.82) is 0 Å². The summed E-state index contributed by atoms with van der Waals surface area (Å²) in [5.74, 6) is -1.29. The minimum Gasteiger partial charge on any atom is -0.321 e. The van der Waals surface area contributed by atoms with E-state index in [0.29, 0.717) is 5.39 Å². The highest BCUT2D eigenvalue weighted by molar-refractivity contribution is 6.15. The summed E-state index contributed by atoms with van der Waals surface area (Å²) in [4.78, 5) is 28.1. The number of halogens is 3. The van der Waals surface area contributed by atoms with Gasteiger partial charge in [-0.1, -0.05) is 30.3 Å². The molecule has 1 heterocycles. The van der Waals surface area contributed by atoms with Crippen LogP contribution in [0.15, 0.2) is 54.9 Å². The van der Waals surface area contributed by atoms with Gasteiger partial charge in [-0.05, 0) is 24.4 Å². The molecule has 2 aromatic carbocycles. The quantitative estimate of drug-likeness (QED) is 0.690. The SMILES string of the molecule is CC(=O)c1ccc2ccccc2c1NC(=O)c1cnccc1C(F)(F)F. The molecule has 3 rings (SSSR count). The number of hydrogen-bond donors (Lipinski definition) is 1. The van der Waals surface area contributed by atoms with Gasteiger partial charge in [-0.3, -0.25) is 14.6 Å². The number of aromatic nitrogens is 1. The molecule has 0 bridgehead atoms. The third kappa shape index (κ3) is 3.28. The predicted molar refractivity (Wildman–Crippen MR) is 91.1 cm³/mol. The van der Waals surface area contributed by atoms with Crippen LogP contribution in [-0.2, 0) is 6.18 Å². The first-order valence-corrected chi connectivity index (χ1v) is 7.64. The molecule has 0 saturated heterocycles. The first-order valence-electron chi connectivity index (χ1n) is 7.64. The molecule has 0 fully saturated rings. The minimum absolute atomic E-state index is 0.178. The summed E-state index contributed by atoms with van der Waals surface area (Å²) in [5.41, 5.74) is -1.30. The number of nitrogens with zero attached hydrogens (tertiary/aromatic N) is 1. The van der Waals surface area contributed by atoms with Crippen molar-refractivity contribution < 1.29 is 22.8 Å². The fourth-order valence-corrected chi connectivity index (χ4v) is 2.70. The van der Waals surface area contributed by atoms with E-state index in [1.54, 1.807) is 30.3 Å². The van der Waals surface area contributed by atoms with Crippen molar-refractivity contribution in [3.8, 4) is 0 Å². The van der Waals surface area contributed by atoms with Crippen LogP contribution < -0.4 is 5.32 Å². The van der Waals surface area contributed by atoms with Gasteiger partial charge in [-0.25, -0.2) is 0 Å². The van der Waals surface area contributed by atoms with E-state index in [-0.39, 0.29) is 17.0 Å². The Morgan fingerprint density at radius 2 is 1.73 bits per heavy atom. The van der Waals surface area contributed by atoms with Gasteiger partial charge in [0, 0.05) is 23.3 Å². The molecule has 0 radical (unpaired) electrons. The maximum atomic E-state index is 13.1. The van der Waals surface area contributed by atoms with Gasteiger partial charge in [0.1, 0.15) is 0 Å². The van der Waals surface area contributed by atoms with Crippen LogP contribution in [0.3, 0.4) is 0 Å². The Morgan fingerprint density at radius 1 is 1.00 bits per heavy atom. The average molecular weight is 358 g/mol. The van der Waals surface area contributed by atoms with Crippen molar-refractivity contribution in [3.05, 3.63) is 71.5 Å². The van der Waals surface area contributed by atoms with Gasteiger partial charge in [-0.2, -0.15) is 13.2 Å². The van der Waals surface area contributed by atoms with E-state index >= 15 is 0 Å². The highest BCUT2D eigenvalue weighted by atomic mass is 19.4. The Hall–Kier alpha value is -3.22. The summed E-state index contributed by atoms with van der Waals surface area (Å²) >= 11 is 0. The number of ketones is 1. The van der Waals surface area contributed by atoms with Crippen LogP contribution in [0.2, 0.25) is 0 Å². The standard InChI is InChI=1S/C19H13F3N2O2/c1-11(25)13-7-6-12-4-2-3-5-14(12)17(13)24-18(26)15-10-23-9-8-16(15)19(20,21)22/h2-10H,1H3,(H,24,26). The highest BCUT2D eigenvalue weighted by Crippen LogP contribution is 2.33. The van der Waals surface area contributed by atoms with E-state index in [0.717, 1.165) is 23.8 Å². The number of pyridine rings is 1. The Kier molecular flexibility index (Phi) is 4.46. The Morgan fingerprint density at radius 3 is 2.42 bits per heavy atom. The van der Waals surface area contributed by atoms with Crippen LogP contribution in [0.1, 0.15) is 33.2 Å². The molecule has 3 aromatic rings. The zero-order valence-electron chi connectivity index (χ0n) is 13.6. The Balaban J connectivity index is 2.11. The van der Waals surface area contributed by atoms with Crippen LogP contribution in [-0.4, -0.2) is 16.7 Å². The number of hydrogen-bond acceptors (Lipinski definition) is 3. The normalized spacial score (nSPS) is 11.4. The van der Waals surface area contributed by atoms with Crippen LogP contribution in [0.4, 0.5) is 18.9 Å². The third-order valence-electron chi connectivity index (χ3n) is 3.92. The molecule has 0 aliphatic heterocycles. The molecule has 0 aliphatic rings. The lowest BCUT2D eigenvalue weighted by molar-refractivity contribution is -0.138. The van der Waals surface area contributed by atoms with Crippen LogP contribution >= 0.6 is 0 Å². The van der Waals surface area contributed by atoms with E-state index in [1.807, 2.05) is 0 Å². The van der Waals surface area contributed by atoms with Gasteiger partial charge in [0.15, 0.2) is 5.78 Å². The van der Waals surface area contributed by atoms with E-state index in [1.165, 1.54) is 13.0 Å². The zero-order valence-corrected chi connectivity index (χ0v) is 13.6. The van der Waals surface area contributed by atoms with Crippen molar-refractivity contribution in [3.63, 3.8) is 0 Å². The molecule has 132 valence electrons. The van der Waals surface area contributed by atoms with Crippen molar-refractivity contribution in [2.45, 2.75) is 13.1 Å². The average Bonchev–Trinajstić information content (AvgIpc) is 2.61. The summed E-state index contributed by atoms with van der Waals surface area (Å²) in [6.07, 6.45) is -2.87. The number of fused-ring (bicyclic) bond motifs is 1. The number of carbonyl (C=O) groups excluding carboxylic acids is 2. The van der Waals surface area contributed by atoms with Crippen LogP contribution in [0, 0.1) is 0 Å². The lowest BCUT2D eigenvalue weighted by atomic mass is 10.0. The molecule has 1 aromatic heterocycles. The summed E-state index contributed by atoms with van der Waals surface area (Å²) in [6.45, 7) is 1.32. The summed E-state index contributed by atoms with van der Waals surface area (Å²) in [5, 5.41) is 3.77. The first-order chi connectivity index (χ1) is 12.3. The van der Waals surface area contributed by atoms with Gasteiger partial charge >= 0.3 is 6.18 Å². The molecule has 0 spiro atoms. The summed E-state index contributed by atoms with van der Waals surface area (Å²) < 4.78 is 39.4. The monoisotopic (exact) mass is 358 g/mol. The predicted octanol–water partition coefficient (Wildman–Crippen LogP) is 4.71. The largest absolute Gasteiger partial charge is 0.417 e. The first kappa shape index (κ1) is 17.6. The van der Waals surface area contributed by atoms with Crippen molar-refractivity contribution in [2.24, 2.45) is 0 Å². The Labute approximate surface area is 146 Å². The van der Waals surface area contributed by atoms with E-state index in [4.69, 9.17) is 0 Å². The smallest absolute Gasteiger partial charge is 0.321 e. The second kappa shape index (κ2) is 6.59. The number of alkyl halides is 3. The molecular formula is C19H13F3N2O2. The Bertz CT molecular complexity index is 1010. The van der Waals surface area contributed by atoms with Crippen molar-refractivity contribution in [1.82, 2.24) is 4.98 Å². The number of anilines is 1. The molecule has 4 nitrogen and oxygen atoms in total. The lowest BCUT2D eigenvalue weighted by Crippen LogP contribution is -2.20. The fourth-order valence-electron chi connectivity index (χ4n) is 2.70. The molecule has 1 N–H and O–H groups in total. The molecular weight excluding hydrogens is 345 g/mol. The second-order valence-electron chi connectivity index (χ2n) is 5.64. The molecule has 0 saturated carbocycles. The number of nitrogens with one attached hydrogen (secondary N) is 1. The number of carbonyl (C=O) groups is 2. The molecule has 0 unspecified atom stereocenters. The van der Waals surface area contributed by atoms with Crippen molar-refractivity contribution >= 4 is 28.2 Å². The molecule has 0 atom stereocenters. The fraction of sp³-hybridized carbons (Fsp3) is 0.105. The van der Waals surface area contributed by atoms with Crippen LogP contribution in [0.25, 0.3) is 10.8 Å². The highest BCUT2D eigenvalue weighted by Gasteiger charge is 2.35. The van der Waals surface area contributed by atoms with Gasteiger partial charge in [0.25, 0.3) is 5.91 Å². The van der Waals surface area contributed by atoms with Gasteiger partial charge in [0.05, 0.1) is 16.8 Å². The molecule has 7 heteroatoms. The summed E-state index contributed by atoms with van der Waals surface area (Å²) in [7, 11) is 0. The third-order valence-corrected chi connectivity index (χ3v) is 3.92. The molecule has 1 amide bonds. The van der Waals surface area contributed by atoms with Crippen LogP contribution in [0.5, 0.6) is 0 Å². The van der Waals surface area contributed by atoms with Gasteiger partial charge < -0.3 is 5.32 Å². The topological polar surface area (TPSA) is 59.1 Å².